The number of carbonyl (C=O) groups is 1. The SMILES string of the molecule is CC(C)(CN)NC(N)=O. The summed E-state index contributed by atoms with van der Waals surface area (Å²) in [5.74, 6) is 0. The molecule has 0 rings (SSSR count). The van der Waals surface area contributed by atoms with E-state index in [2.05, 4.69) is 5.32 Å². The fourth-order valence-electron chi connectivity index (χ4n) is 0.385. The largest absolute Gasteiger partial charge is 0.352 e. The Labute approximate surface area is 54.6 Å². The Bertz CT molecular complexity index is 111. The Hall–Kier alpha value is -0.770. The van der Waals surface area contributed by atoms with Crippen molar-refractivity contribution in [3.8, 4) is 0 Å². The number of hydrogen-bond acceptors (Lipinski definition) is 2. The van der Waals surface area contributed by atoms with Crippen molar-refractivity contribution in [2.45, 2.75) is 19.4 Å². The number of nitrogens with one attached hydrogen (secondary N) is 1. The number of nitrogens with two attached hydrogens (primary N) is 2. The van der Waals surface area contributed by atoms with Gasteiger partial charge in [0.2, 0.25) is 0 Å². The molecule has 0 aliphatic carbocycles. The van der Waals surface area contributed by atoms with Gasteiger partial charge in [-0.2, -0.15) is 0 Å². The lowest BCUT2D eigenvalue weighted by Gasteiger charge is -2.22. The second-order valence-electron chi connectivity index (χ2n) is 2.58. The van der Waals surface area contributed by atoms with Gasteiger partial charge in [0.15, 0.2) is 0 Å². The topological polar surface area (TPSA) is 81.1 Å². The summed E-state index contributed by atoms with van der Waals surface area (Å²) in [6.07, 6.45) is 0. The van der Waals surface area contributed by atoms with E-state index in [1.165, 1.54) is 0 Å². The van der Waals surface area contributed by atoms with Crippen LogP contribution in [0.3, 0.4) is 0 Å². The van der Waals surface area contributed by atoms with Crippen molar-refractivity contribution < 1.29 is 4.79 Å². The third-order valence-electron chi connectivity index (χ3n) is 0.972. The molecule has 0 atom stereocenters. The van der Waals surface area contributed by atoms with Gasteiger partial charge in [-0.05, 0) is 13.8 Å². The smallest absolute Gasteiger partial charge is 0.312 e. The average molecular weight is 131 g/mol. The number of rotatable bonds is 2. The molecule has 0 radical (unpaired) electrons. The molecule has 0 aliphatic rings. The highest BCUT2D eigenvalue weighted by molar-refractivity contribution is 5.72. The Morgan fingerprint density at radius 1 is 1.67 bits per heavy atom. The molecule has 0 aromatic rings. The lowest BCUT2D eigenvalue weighted by atomic mass is 10.1. The minimum absolute atomic E-state index is 0.383. The van der Waals surface area contributed by atoms with E-state index in [0.717, 1.165) is 0 Å². The monoisotopic (exact) mass is 131 g/mol. The predicted octanol–water partition coefficient (Wildman–Crippen LogP) is -0.608. The molecular formula is C5H13N3O. The first kappa shape index (κ1) is 8.23. The Balaban J connectivity index is 3.71. The van der Waals surface area contributed by atoms with E-state index in [0.29, 0.717) is 6.54 Å². The van der Waals surface area contributed by atoms with Crippen LogP contribution in [0.1, 0.15) is 13.8 Å². The van der Waals surface area contributed by atoms with Gasteiger partial charge < -0.3 is 16.8 Å². The van der Waals surface area contributed by atoms with E-state index in [4.69, 9.17) is 11.5 Å². The first-order valence-corrected chi connectivity index (χ1v) is 2.75. The number of urea groups is 1. The Morgan fingerprint density at radius 2 is 2.11 bits per heavy atom. The molecule has 5 N–H and O–H groups in total. The first-order valence-electron chi connectivity index (χ1n) is 2.75. The molecule has 0 heterocycles. The summed E-state index contributed by atoms with van der Waals surface area (Å²) in [5, 5.41) is 2.48. The standard InChI is InChI=1S/C5H13N3O/c1-5(2,3-6)8-4(7)9/h3,6H2,1-2H3,(H3,7,8,9). The molecule has 0 saturated heterocycles. The quantitative estimate of drug-likeness (QED) is 0.467. The third-order valence-corrected chi connectivity index (χ3v) is 0.972. The van der Waals surface area contributed by atoms with Gasteiger partial charge in [0, 0.05) is 12.1 Å². The molecule has 0 aliphatic heterocycles. The maximum atomic E-state index is 10.2. The predicted molar refractivity (Wildman–Crippen MR) is 35.9 cm³/mol. The van der Waals surface area contributed by atoms with Gasteiger partial charge in [-0.25, -0.2) is 4.79 Å². The zero-order valence-electron chi connectivity index (χ0n) is 5.77. The van der Waals surface area contributed by atoms with E-state index in [9.17, 15) is 4.79 Å². The Morgan fingerprint density at radius 3 is 2.22 bits per heavy atom. The van der Waals surface area contributed by atoms with E-state index in [1.54, 1.807) is 13.8 Å². The molecule has 2 amide bonds. The molecule has 0 spiro atoms. The molecule has 9 heavy (non-hydrogen) atoms. The number of primary amides is 1. The highest BCUT2D eigenvalue weighted by Crippen LogP contribution is 1.95. The summed E-state index contributed by atoms with van der Waals surface area (Å²) in [6, 6.07) is -0.537. The molecule has 0 saturated carbocycles. The van der Waals surface area contributed by atoms with Crippen LogP contribution in [0.4, 0.5) is 4.79 Å². The van der Waals surface area contributed by atoms with Gasteiger partial charge in [-0.3, -0.25) is 0 Å². The van der Waals surface area contributed by atoms with Gasteiger partial charge in [-0.15, -0.1) is 0 Å². The average Bonchev–Trinajstić information content (AvgIpc) is 1.63. The van der Waals surface area contributed by atoms with E-state index in [1.807, 2.05) is 0 Å². The summed E-state index contributed by atoms with van der Waals surface area (Å²) < 4.78 is 0. The lowest BCUT2D eigenvalue weighted by molar-refractivity contribution is 0.239. The normalized spacial score (nSPS) is 11.0. The second-order valence-corrected chi connectivity index (χ2v) is 2.58. The minimum Gasteiger partial charge on any atom is -0.352 e. The van der Waals surface area contributed by atoms with E-state index in [-0.39, 0.29) is 5.54 Å². The molecule has 0 fully saturated rings. The molecule has 0 aromatic carbocycles. The van der Waals surface area contributed by atoms with Crippen LogP contribution in [0.15, 0.2) is 0 Å². The van der Waals surface area contributed by atoms with Crippen LogP contribution in [-0.4, -0.2) is 18.1 Å². The van der Waals surface area contributed by atoms with Crippen molar-refractivity contribution in [1.29, 1.82) is 0 Å². The minimum atomic E-state index is -0.537. The van der Waals surface area contributed by atoms with Crippen molar-refractivity contribution in [3.63, 3.8) is 0 Å². The first-order chi connectivity index (χ1) is 3.98. The zero-order chi connectivity index (χ0) is 7.49. The van der Waals surface area contributed by atoms with Gasteiger partial charge in [-0.1, -0.05) is 0 Å². The van der Waals surface area contributed by atoms with Crippen molar-refractivity contribution in [1.82, 2.24) is 5.32 Å². The maximum Gasteiger partial charge on any atom is 0.312 e. The molecule has 0 unspecified atom stereocenters. The molecular weight excluding hydrogens is 118 g/mol. The summed E-state index contributed by atoms with van der Waals surface area (Å²) in [7, 11) is 0. The summed E-state index contributed by atoms with van der Waals surface area (Å²) in [6.45, 7) is 3.99. The number of carbonyl (C=O) groups excluding carboxylic acids is 1. The lowest BCUT2D eigenvalue weighted by Crippen LogP contribution is -2.50. The van der Waals surface area contributed by atoms with Gasteiger partial charge >= 0.3 is 6.03 Å². The highest BCUT2D eigenvalue weighted by Gasteiger charge is 2.15. The second kappa shape index (κ2) is 2.68. The van der Waals surface area contributed by atoms with E-state index < -0.39 is 6.03 Å². The summed E-state index contributed by atoms with van der Waals surface area (Å²) in [4.78, 5) is 10.2. The molecule has 54 valence electrons. The van der Waals surface area contributed by atoms with Crippen molar-refractivity contribution in [2.24, 2.45) is 11.5 Å². The highest BCUT2D eigenvalue weighted by atomic mass is 16.2. The maximum absolute atomic E-state index is 10.2. The number of amides is 2. The molecule has 4 nitrogen and oxygen atoms in total. The van der Waals surface area contributed by atoms with Gasteiger partial charge in [0.1, 0.15) is 0 Å². The Kier molecular flexibility index (Phi) is 2.45. The molecule has 0 bridgehead atoms. The van der Waals surface area contributed by atoms with Gasteiger partial charge in [0.05, 0.1) is 0 Å². The van der Waals surface area contributed by atoms with Crippen molar-refractivity contribution >= 4 is 6.03 Å². The van der Waals surface area contributed by atoms with Crippen LogP contribution >= 0.6 is 0 Å². The van der Waals surface area contributed by atoms with Gasteiger partial charge in [0.25, 0.3) is 0 Å². The summed E-state index contributed by atoms with van der Waals surface area (Å²) >= 11 is 0. The third kappa shape index (κ3) is 3.78. The van der Waals surface area contributed by atoms with Crippen molar-refractivity contribution in [2.75, 3.05) is 6.54 Å². The number of hydrogen-bond donors (Lipinski definition) is 3. The van der Waals surface area contributed by atoms with E-state index >= 15 is 0 Å². The van der Waals surface area contributed by atoms with Crippen LogP contribution in [-0.2, 0) is 0 Å². The van der Waals surface area contributed by atoms with Crippen LogP contribution in [0.25, 0.3) is 0 Å². The summed E-state index contributed by atoms with van der Waals surface area (Å²) in [5.41, 5.74) is 9.75. The molecule has 0 aromatic heterocycles. The fraction of sp³-hybridized carbons (Fsp3) is 0.800. The zero-order valence-corrected chi connectivity index (χ0v) is 5.77. The van der Waals surface area contributed by atoms with Crippen LogP contribution in [0.5, 0.6) is 0 Å². The van der Waals surface area contributed by atoms with Crippen molar-refractivity contribution in [3.05, 3.63) is 0 Å². The fourth-order valence-corrected chi connectivity index (χ4v) is 0.385. The van der Waals surface area contributed by atoms with Crippen LogP contribution in [0.2, 0.25) is 0 Å². The molecule has 4 heteroatoms. The van der Waals surface area contributed by atoms with Crippen LogP contribution in [0, 0.1) is 0 Å². The van der Waals surface area contributed by atoms with Crippen LogP contribution < -0.4 is 16.8 Å².